The minimum Gasteiger partial charge on any atom is -0.493 e. The number of benzene rings is 1. The molecule has 3 heteroatoms. The van der Waals surface area contributed by atoms with Crippen LogP contribution in [0.3, 0.4) is 0 Å². The molecule has 0 aliphatic carbocycles. The van der Waals surface area contributed by atoms with E-state index < -0.39 is 0 Å². The van der Waals surface area contributed by atoms with Crippen molar-refractivity contribution >= 4 is 15.9 Å². The van der Waals surface area contributed by atoms with E-state index in [1.165, 1.54) is 31.5 Å². The van der Waals surface area contributed by atoms with E-state index in [1.807, 2.05) is 0 Å². The number of hydrogen-bond donors (Lipinski definition) is 0. The zero-order valence-electron chi connectivity index (χ0n) is 10.6. The van der Waals surface area contributed by atoms with Gasteiger partial charge in [0.1, 0.15) is 5.75 Å². The maximum absolute atomic E-state index is 5.76. The molecule has 18 heavy (non-hydrogen) atoms. The van der Waals surface area contributed by atoms with Crippen LogP contribution in [-0.2, 0) is 0 Å². The lowest BCUT2D eigenvalue weighted by Crippen LogP contribution is -2.37. The van der Waals surface area contributed by atoms with Crippen LogP contribution in [0.2, 0.25) is 0 Å². The Bertz CT molecular complexity index is 401. The maximum atomic E-state index is 5.76. The Morgan fingerprint density at radius 1 is 1.22 bits per heavy atom. The van der Waals surface area contributed by atoms with Crippen molar-refractivity contribution < 1.29 is 4.74 Å². The number of halogens is 1. The number of nitrogens with zero attached hydrogens (tertiary/aromatic N) is 1. The summed E-state index contributed by atoms with van der Waals surface area (Å²) >= 11 is 3.60. The van der Waals surface area contributed by atoms with Crippen molar-refractivity contribution in [1.82, 2.24) is 4.90 Å². The molecule has 0 spiro atoms. The smallest absolute Gasteiger partial charge is 0.122 e. The molecule has 0 N–H and O–H groups in total. The molecule has 98 valence electrons. The molecule has 1 saturated heterocycles. The van der Waals surface area contributed by atoms with Gasteiger partial charge in [-0.25, -0.2) is 0 Å². The average molecular weight is 310 g/mol. The molecule has 1 fully saturated rings. The minimum absolute atomic E-state index is 0.571. The normalized spacial score (nSPS) is 24.8. The first-order chi connectivity index (χ1) is 8.86. The minimum atomic E-state index is 0.571. The van der Waals surface area contributed by atoms with Crippen molar-refractivity contribution in [2.24, 2.45) is 5.92 Å². The summed E-state index contributed by atoms with van der Waals surface area (Å²) in [6.45, 7) is 4.51. The summed E-state index contributed by atoms with van der Waals surface area (Å²) in [5, 5.41) is 1.16. The second kappa shape index (κ2) is 5.62. The summed E-state index contributed by atoms with van der Waals surface area (Å²) in [5.41, 5.74) is 1.40. The van der Waals surface area contributed by atoms with Gasteiger partial charge in [-0.2, -0.15) is 0 Å². The first-order valence-electron chi connectivity index (χ1n) is 6.87. The van der Waals surface area contributed by atoms with E-state index in [4.69, 9.17) is 4.74 Å². The molecule has 2 aliphatic heterocycles. The van der Waals surface area contributed by atoms with Gasteiger partial charge in [0, 0.05) is 23.4 Å². The van der Waals surface area contributed by atoms with Crippen molar-refractivity contribution in [1.29, 1.82) is 0 Å². The number of piperidine rings is 1. The summed E-state index contributed by atoms with van der Waals surface area (Å²) in [5.74, 6) is 2.55. The van der Waals surface area contributed by atoms with Crippen LogP contribution >= 0.6 is 15.9 Å². The van der Waals surface area contributed by atoms with E-state index in [2.05, 4.69) is 45.1 Å². The van der Waals surface area contributed by atoms with E-state index >= 15 is 0 Å². The monoisotopic (exact) mass is 309 g/mol. The molecule has 0 radical (unpaired) electrons. The molecular weight excluding hydrogens is 290 g/mol. The van der Waals surface area contributed by atoms with Gasteiger partial charge >= 0.3 is 0 Å². The summed E-state index contributed by atoms with van der Waals surface area (Å²) in [6, 6.07) is 8.49. The standard InChI is InChI=1S/C15H20BrNO/c16-9-12-5-7-17(8-6-12)10-13-11-18-15-4-2-1-3-14(13)15/h1-4,12-13H,5-11H2. The first kappa shape index (κ1) is 12.5. The van der Waals surface area contributed by atoms with Crippen molar-refractivity contribution in [3.8, 4) is 5.75 Å². The lowest BCUT2D eigenvalue weighted by Gasteiger charge is -2.32. The molecule has 3 rings (SSSR count). The van der Waals surface area contributed by atoms with E-state index in [0.717, 1.165) is 30.1 Å². The second-order valence-electron chi connectivity index (χ2n) is 5.44. The number of hydrogen-bond acceptors (Lipinski definition) is 2. The van der Waals surface area contributed by atoms with Gasteiger partial charge < -0.3 is 9.64 Å². The fraction of sp³-hybridized carbons (Fsp3) is 0.600. The van der Waals surface area contributed by atoms with Gasteiger partial charge in [0.05, 0.1) is 6.61 Å². The highest BCUT2D eigenvalue weighted by Crippen LogP contribution is 2.34. The van der Waals surface area contributed by atoms with Gasteiger partial charge in [-0.15, -0.1) is 0 Å². The summed E-state index contributed by atoms with van der Waals surface area (Å²) in [7, 11) is 0. The highest BCUT2D eigenvalue weighted by molar-refractivity contribution is 9.09. The molecule has 1 aromatic rings. The van der Waals surface area contributed by atoms with E-state index in [0.29, 0.717) is 5.92 Å². The Labute approximate surface area is 117 Å². The highest BCUT2D eigenvalue weighted by atomic mass is 79.9. The van der Waals surface area contributed by atoms with Crippen LogP contribution < -0.4 is 4.74 Å². The van der Waals surface area contributed by atoms with Crippen molar-refractivity contribution in [3.05, 3.63) is 29.8 Å². The van der Waals surface area contributed by atoms with Crippen LogP contribution in [0.15, 0.2) is 24.3 Å². The van der Waals surface area contributed by atoms with Gasteiger partial charge in [-0.3, -0.25) is 0 Å². The SMILES string of the molecule is BrCC1CCN(CC2COc3ccccc32)CC1. The predicted octanol–water partition coefficient (Wildman–Crippen LogP) is 3.27. The van der Waals surface area contributed by atoms with Crippen LogP contribution in [0.4, 0.5) is 0 Å². The zero-order chi connectivity index (χ0) is 12.4. The molecule has 1 atom stereocenters. The molecule has 0 saturated carbocycles. The van der Waals surface area contributed by atoms with Gasteiger partial charge in [0.25, 0.3) is 0 Å². The quantitative estimate of drug-likeness (QED) is 0.795. The van der Waals surface area contributed by atoms with Crippen LogP contribution in [0.1, 0.15) is 24.3 Å². The summed E-state index contributed by atoms with van der Waals surface area (Å²) < 4.78 is 5.76. The number of para-hydroxylation sites is 1. The zero-order valence-corrected chi connectivity index (χ0v) is 12.2. The average Bonchev–Trinajstić information content (AvgIpc) is 2.83. The van der Waals surface area contributed by atoms with Crippen molar-refractivity contribution in [2.75, 3.05) is 31.6 Å². The molecule has 1 unspecified atom stereocenters. The maximum Gasteiger partial charge on any atom is 0.122 e. The molecule has 2 aliphatic rings. The largest absolute Gasteiger partial charge is 0.493 e. The van der Waals surface area contributed by atoms with Crippen LogP contribution in [-0.4, -0.2) is 36.5 Å². The molecule has 2 heterocycles. The number of likely N-dealkylation sites (tertiary alicyclic amines) is 1. The van der Waals surface area contributed by atoms with E-state index in [9.17, 15) is 0 Å². The van der Waals surface area contributed by atoms with E-state index in [-0.39, 0.29) is 0 Å². The number of fused-ring (bicyclic) bond motifs is 1. The summed E-state index contributed by atoms with van der Waals surface area (Å²) in [6.07, 6.45) is 2.67. The molecule has 1 aromatic carbocycles. The Morgan fingerprint density at radius 3 is 2.78 bits per heavy atom. The molecular formula is C15H20BrNO. The topological polar surface area (TPSA) is 12.5 Å². The molecule has 0 amide bonds. The van der Waals surface area contributed by atoms with Crippen LogP contribution in [0.25, 0.3) is 0 Å². The van der Waals surface area contributed by atoms with Crippen molar-refractivity contribution in [3.63, 3.8) is 0 Å². The van der Waals surface area contributed by atoms with Crippen LogP contribution in [0, 0.1) is 5.92 Å². The Morgan fingerprint density at radius 2 is 2.00 bits per heavy atom. The Balaban J connectivity index is 1.59. The number of rotatable bonds is 3. The second-order valence-corrected chi connectivity index (χ2v) is 6.09. The molecule has 0 aromatic heterocycles. The molecule has 2 nitrogen and oxygen atoms in total. The van der Waals surface area contributed by atoms with Crippen molar-refractivity contribution in [2.45, 2.75) is 18.8 Å². The fourth-order valence-corrected chi connectivity index (χ4v) is 3.66. The van der Waals surface area contributed by atoms with Crippen LogP contribution in [0.5, 0.6) is 5.75 Å². The lowest BCUT2D eigenvalue weighted by molar-refractivity contribution is 0.175. The fourth-order valence-electron chi connectivity index (χ4n) is 3.02. The van der Waals surface area contributed by atoms with Gasteiger partial charge in [-0.05, 0) is 37.9 Å². The summed E-state index contributed by atoms with van der Waals surface area (Å²) in [4.78, 5) is 2.61. The Hall–Kier alpha value is -0.540. The third-order valence-corrected chi connectivity index (χ3v) is 5.12. The van der Waals surface area contributed by atoms with E-state index in [1.54, 1.807) is 0 Å². The van der Waals surface area contributed by atoms with Gasteiger partial charge in [0.2, 0.25) is 0 Å². The third-order valence-electron chi connectivity index (χ3n) is 4.20. The Kier molecular flexibility index (Phi) is 3.90. The van der Waals surface area contributed by atoms with Gasteiger partial charge in [0.15, 0.2) is 0 Å². The first-order valence-corrected chi connectivity index (χ1v) is 7.99. The highest BCUT2D eigenvalue weighted by Gasteiger charge is 2.27. The predicted molar refractivity (Wildman–Crippen MR) is 77.6 cm³/mol. The number of alkyl halides is 1. The lowest BCUT2D eigenvalue weighted by atomic mass is 9.96. The van der Waals surface area contributed by atoms with Gasteiger partial charge in [-0.1, -0.05) is 34.1 Å². The molecule has 0 bridgehead atoms. The third kappa shape index (κ3) is 2.57. The number of ether oxygens (including phenoxy) is 1.